The number of carbonyl (C=O) groups excluding carboxylic acids is 1. The van der Waals surface area contributed by atoms with Gasteiger partial charge in [0.1, 0.15) is 11.9 Å². The maximum Gasteiger partial charge on any atom is 0.191 e. The van der Waals surface area contributed by atoms with Crippen molar-refractivity contribution in [1.29, 1.82) is 0 Å². The van der Waals surface area contributed by atoms with Crippen LogP contribution < -0.4 is 0 Å². The van der Waals surface area contributed by atoms with Crippen LogP contribution in [0.1, 0.15) is 15.9 Å². The van der Waals surface area contributed by atoms with E-state index in [9.17, 15) is 15.0 Å². The van der Waals surface area contributed by atoms with Gasteiger partial charge >= 0.3 is 0 Å². The van der Waals surface area contributed by atoms with Crippen LogP contribution in [0.15, 0.2) is 54.6 Å². The lowest BCUT2D eigenvalue weighted by molar-refractivity contribution is 0.0748. The molecule has 2 rings (SSSR count). The summed E-state index contributed by atoms with van der Waals surface area (Å²) >= 11 is 0. The highest BCUT2D eigenvalue weighted by Gasteiger charge is 2.17. The summed E-state index contributed by atoms with van der Waals surface area (Å²) in [5.74, 6) is -0.175. The Morgan fingerprint density at radius 2 is 1.78 bits per heavy atom. The van der Waals surface area contributed by atoms with Crippen molar-refractivity contribution in [3.8, 4) is 5.75 Å². The van der Waals surface area contributed by atoms with Crippen LogP contribution >= 0.6 is 0 Å². The maximum atomic E-state index is 11.9. The Balaban J connectivity index is 2.09. The number of benzene rings is 2. The van der Waals surface area contributed by atoms with E-state index in [4.69, 9.17) is 0 Å². The molecule has 2 aromatic carbocycles. The van der Waals surface area contributed by atoms with Gasteiger partial charge in [0, 0.05) is 12.0 Å². The molecule has 0 aromatic heterocycles. The predicted octanol–water partition coefficient (Wildman–Crippen LogP) is 2.18. The number of aliphatic hydroxyl groups excluding tert-OH is 1. The molecule has 1 atom stereocenters. The van der Waals surface area contributed by atoms with E-state index in [1.54, 1.807) is 48.5 Å². The van der Waals surface area contributed by atoms with Crippen LogP contribution in [0.25, 0.3) is 0 Å². The van der Waals surface area contributed by atoms with Crippen LogP contribution in [-0.4, -0.2) is 22.1 Å². The molecule has 2 aromatic rings. The lowest BCUT2D eigenvalue weighted by Gasteiger charge is -2.09. The molecule has 2 N–H and O–H groups in total. The van der Waals surface area contributed by atoms with Crippen LogP contribution in [0.5, 0.6) is 5.75 Å². The number of phenols is 1. The minimum Gasteiger partial charge on any atom is -0.508 e. The van der Waals surface area contributed by atoms with Gasteiger partial charge in [-0.3, -0.25) is 4.79 Å². The highest BCUT2D eigenvalue weighted by Crippen LogP contribution is 2.14. The van der Waals surface area contributed by atoms with E-state index >= 15 is 0 Å². The van der Waals surface area contributed by atoms with E-state index in [1.807, 2.05) is 6.07 Å². The zero-order valence-corrected chi connectivity index (χ0v) is 9.78. The van der Waals surface area contributed by atoms with Gasteiger partial charge in [-0.1, -0.05) is 42.5 Å². The molecule has 0 radical (unpaired) electrons. The van der Waals surface area contributed by atoms with Crippen molar-refractivity contribution in [2.75, 3.05) is 0 Å². The first-order chi connectivity index (χ1) is 8.66. The van der Waals surface area contributed by atoms with E-state index in [0.717, 1.165) is 5.56 Å². The highest BCUT2D eigenvalue weighted by molar-refractivity contribution is 5.99. The lowest BCUT2D eigenvalue weighted by atomic mass is 10.00. The molecule has 0 saturated heterocycles. The van der Waals surface area contributed by atoms with Gasteiger partial charge in [-0.2, -0.15) is 0 Å². The maximum absolute atomic E-state index is 11.9. The van der Waals surface area contributed by atoms with E-state index in [0.29, 0.717) is 5.56 Å². The number of rotatable bonds is 4. The molecule has 92 valence electrons. The van der Waals surface area contributed by atoms with Crippen molar-refractivity contribution in [2.45, 2.75) is 12.5 Å². The largest absolute Gasteiger partial charge is 0.508 e. The van der Waals surface area contributed by atoms with Gasteiger partial charge in [0.05, 0.1) is 0 Å². The second-order valence-corrected chi connectivity index (χ2v) is 4.12. The fraction of sp³-hybridized carbons (Fsp3) is 0.133. The van der Waals surface area contributed by atoms with Gasteiger partial charge in [-0.25, -0.2) is 0 Å². The van der Waals surface area contributed by atoms with Gasteiger partial charge in [-0.15, -0.1) is 0 Å². The normalized spacial score (nSPS) is 12.1. The highest BCUT2D eigenvalue weighted by atomic mass is 16.3. The zero-order valence-electron chi connectivity index (χ0n) is 9.78. The van der Waals surface area contributed by atoms with Gasteiger partial charge in [0.2, 0.25) is 0 Å². The van der Waals surface area contributed by atoms with Crippen molar-refractivity contribution >= 4 is 5.78 Å². The van der Waals surface area contributed by atoms with Gasteiger partial charge in [0.15, 0.2) is 5.78 Å². The summed E-state index contributed by atoms with van der Waals surface area (Å²) in [6, 6.07) is 15.2. The summed E-state index contributed by atoms with van der Waals surface area (Å²) in [4.78, 5) is 11.9. The number of Topliss-reactive ketones (excluding diaryl/α,β-unsaturated/α-hetero) is 1. The van der Waals surface area contributed by atoms with Gasteiger partial charge < -0.3 is 10.2 Å². The topological polar surface area (TPSA) is 57.5 Å². The van der Waals surface area contributed by atoms with E-state index in [2.05, 4.69) is 0 Å². The van der Waals surface area contributed by atoms with Gasteiger partial charge in [-0.05, 0) is 17.7 Å². The monoisotopic (exact) mass is 242 g/mol. The quantitative estimate of drug-likeness (QED) is 0.808. The SMILES string of the molecule is O=C(c1ccccc1)C(O)Cc1cccc(O)c1. The van der Waals surface area contributed by atoms with Crippen molar-refractivity contribution < 1.29 is 15.0 Å². The van der Waals surface area contributed by atoms with E-state index in [-0.39, 0.29) is 18.0 Å². The standard InChI is InChI=1S/C15H14O3/c16-13-8-4-5-11(9-13)10-14(17)15(18)12-6-2-1-3-7-12/h1-9,14,16-17H,10H2. The number of ketones is 1. The fourth-order valence-electron chi connectivity index (χ4n) is 1.79. The molecule has 0 aliphatic carbocycles. The molecule has 0 bridgehead atoms. The molecule has 0 saturated carbocycles. The molecular weight excluding hydrogens is 228 g/mol. The summed E-state index contributed by atoms with van der Waals surface area (Å²) < 4.78 is 0. The summed E-state index contributed by atoms with van der Waals surface area (Å²) in [5, 5.41) is 19.2. The van der Waals surface area contributed by atoms with E-state index in [1.165, 1.54) is 0 Å². The number of carbonyl (C=O) groups is 1. The molecule has 0 aliphatic rings. The number of hydrogen-bond donors (Lipinski definition) is 2. The second kappa shape index (κ2) is 5.47. The average Bonchev–Trinajstić information content (AvgIpc) is 2.39. The van der Waals surface area contributed by atoms with Crippen LogP contribution in [0.4, 0.5) is 0 Å². The molecular formula is C15H14O3. The lowest BCUT2D eigenvalue weighted by Crippen LogP contribution is -2.22. The van der Waals surface area contributed by atoms with Crippen LogP contribution in [0.3, 0.4) is 0 Å². The number of aliphatic hydroxyl groups is 1. The minimum absolute atomic E-state index is 0.131. The summed E-state index contributed by atoms with van der Waals surface area (Å²) in [7, 11) is 0. The third kappa shape index (κ3) is 2.96. The summed E-state index contributed by atoms with van der Waals surface area (Å²) in [5.41, 5.74) is 1.22. The Kier molecular flexibility index (Phi) is 3.75. The molecule has 0 amide bonds. The van der Waals surface area contributed by atoms with E-state index < -0.39 is 6.10 Å². The Labute approximate surface area is 105 Å². The summed E-state index contributed by atoms with van der Waals surface area (Å²) in [6.45, 7) is 0. The van der Waals surface area contributed by atoms with Crippen LogP contribution in [-0.2, 0) is 6.42 Å². The molecule has 18 heavy (non-hydrogen) atoms. The predicted molar refractivity (Wildman–Crippen MR) is 68.6 cm³/mol. The number of aromatic hydroxyl groups is 1. The zero-order chi connectivity index (χ0) is 13.0. The molecule has 0 aliphatic heterocycles. The molecule has 0 fully saturated rings. The smallest absolute Gasteiger partial charge is 0.191 e. The van der Waals surface area contributed by atoms with Crippen LogP contribution in [0.2, 0.25) is 0 Å². The number of hydrogen-bond acceptors (Lipinski definition) is 3. The Morgan fingerprint density at radius 3 is 2.44 bits per heavy atom. The summed E-state index contributed by atoms with van der Waals surface area (Å²) in [6.07, 6.45) is -0.892. The molecule has 0 heterocycles. The molecule has 3 heteroatoms. The third-order valence-corrected chi connectivity index (χ3v) is 2.70. The molecule has 0 spiro atoms. The first-order valence-corrected chi connectivity index (χ1v) is 5.72. The second-order valence-electron chi connectivity index (χ2n) is 4.12. The Morgan fingerprint density at radius 1 is 1.06 bits per heavy atom. The van der Waals surface area contributed by atoms with Crippen molar-refractivity contribution in [3.05, 3.63) is 65.7 Å². The molecule has 1 unspecified atom stereocenters. The van der Waals surface area contributed by atoms with Crippen molar-refractivity contribution in [3.63, 3.8) is 0 Å². The number of phenolic OH excluding ortho intramolecular Hbond substituents is 1. The first-order valence-electron chi connectivity index (χ1n) is 5.72. The third-order valence-electron chi connectivity index (χ3n) is 2.70. The van der Waals surface area contributed by atoms with Crippen molar-refractivity contribution in [1.82, 2.24) is 0 Å². The van der Waals surface area contributed by atoms with Crippen LogP contribution in [0, 0.1) is 0 Å². The first kappa shape index (κ1) is 12.3. The Hall–Kier alpha value is -2.13. The minimum atomic E-state index is -1.09. The van der Waals surface area contributed by atoms with Gasteiger partial charge in [0.25, 0.3) is 0 Å². The molecule has 3 nitrogen and oxygen atoms in total. The van der Waals surface area contributed by atoms with Crippen molar-refractivity contribution in [2.24, 2.45) is 0 Å². The Bertz CT molecular complexity index is 534. The average molecular weight is 242 g/mol. The fourth-order valence-corrected chi connectivity index (χ4v) is 1.79.